The molecule has 176 valence electrons. The van der Waals surface area contributed by atoms with Gasteiger partial charge in [-0.2, -0.15) is 0 Å². The minimum atomic E-state index is -3.56. The fourth-order valence-corrected chi connectivity index (χ4v) is 5.69. The lowest BCUT2D eigenvalue weighted by Gasteiger charge is -2.51. The lowest BCUT2D eigenvalue weighted by molar-refractivity contribution is -0.00432. The summed E-state index contributed by atoms with van der Waals surface area (Å²) in [5.74, 6) is 0.603. The number of carbonyl (C=O) groups excluding carboxylic acids is 2. The third-order valence-electron chi connectivity index (χ3n) is 6.76. The van der Waals surface area contributed by atoms with E-state index in [1.165, 1.54) is 18.2 Å². The third-order valence-corrected chi connectivity index (χ3v) is 7.58. The molecule has 1 atom stereocenters. The number of nitrogens with one attached hydrogen (secondary N) is 2. The van der Waals surface area contributed by atoms with Crippen molar-refractivity contribution in [2.75, 3.05) is 24.1 Å². The summed E-state index contributed by atoms with van der Waals surface area (Å²) in [6.45, 7) is 0.960. The minimum absolute atomic E-state index is 0.0666. The fourth-order valence-electron chi connectivity index (χ4n) is 4.94. The molecule has 5 rings (SSSR count). The summed E-state index contributed by atoms with van der Waals surface area (Å²) < 4.78 is 31.1. The van der Waals surface area contributed by atoms with Crippen LogP contribution in [0.15, 0.2) is 28.8 Å². The van der Waals surface area contributed by atoms with Gasteiger partial charge in [-0.05, 0) is 43.9 Å². The smallest absolute Gasteiger partial charge is 0.273 e. The number of benzene rings is 1. The van der Waals surface area contributed by atoms with Crippen molar-refractivity contribution in [1.82, 2.24) is 15.4 Å². The Kier molecular flexibility index (Phi) is 5.40. The van der Waals surface area contributed by atoms with Crippen LogP contribution in [-0.2, 0) is 10.0 Å². The van der Waals surface area contributed by atoms with Crippen LogP contribution in [-0.4, -0.2) is 55.7 Å². The van der Waals surface area contributed by atoms with Gasteiger partial charge in [-0.25, -0.2) is 8.42 Å². The summed E-state index contributed by atoms with van der Waals surface area (Å²) in [6.07, 6.45) is 5.86. The number of rotatable bonds is 6. The molecule has 11 heteroatoms. The zero-order valence-electron chi connectivity index (χ0n) is 18.1. The van der Waals surface area contributed by atoms with E-state index in [0.717, 1.165) is 44.1 Å². The molecular weight excluding hydrogens is 468 g/mol. The third kappa shape index (κ3) is 4.46. The van der Waals surface area contributed by atoms with Gasteiger partial charge in [0.2, 0.25) is 10.0 Å². The van der Waals surface area contributed by atoms with E-state index >= 15 is 0 Å². The predicted molar refractivity (Wildman–Crippen MR) is 122 cm³/mol. The Balaban J connectivity index is 1.27. The highest BCUT2D eigenvalue weighted by molar-refractivity contribution is 7.92. The molecule has 2 amide bonds. The summed E-state index contributed by atoms with van der Waals surface area (Å²) in [7, 11) is -3.56. The van der Waals surface area contributed by atoms with Crippen molar-refractivity contribution in [3.05, 3.63) is 46.3 Å². The SMILES string of the molecule is CS(=O)(=O)Nc1ccc(Cl)cc1C(=O)N1CC2(CCCC2NC(=O)c2cc(C3CC3)on2)C1. The van der Waals surface area contributed by atoms with Crippen molar-refractivity contribution in [2.45, 2.75) is 44.1 Å². The molecule has 9 nitrogen and oxygen atoms in total. The summed E-state index contributed by atoms with van der Waals surface area (Å²) in [4.78, 5) is 27.6. The maximum atomic E-state index is 13.2. The maximum absolute atomic E-state index is 13.2. The van der Waals surface area contributed by atoms with Crippen LogP contribution in [0.5, 0.6) is 0 Å². The predicted octanol–water partition coefficient (Wildman–Crippen LogP) is 3.00. The summed E-state index contributed by atoms with van der Waals surface area (Å²) in [5, 5.41) is 7.36. The maximum Gasteiger partial charge on any atom is 0.273 e. The number of likely N-dealkylation sites (tertiary alicyclic amines) is 1. The van der Waals surface area contributed by atoms with Gasteiger partial charge in [-0.15, -0.1) is 0 Å². The topological polar surface area (TPSA) is 122 Å². The number of aromatic nitrogens is 1. The van der Waals surface area contributed by atoms with Crippen LogP contribution < -0.4 is 10.0 Å². The highest BCUT2D eigenvalue weighted by Crippen LogP contribution is 2.46. The number of hydrogen-bond donors (Lipinski definition) is 2. The number of amides is 2. The van der Waals surface area contributed by atoms with E-state index < -0.39 is 10.0 Å². The molecule has 3 fully saturated rings. The van der Waals surface area contributed by atoms with Crippen molar-refractivity contribution in [2.24, 2.45) is 5.41 Å². The molecule has 33 heavy (non-hydrogen) atoms. The Labute approximate surface area is 196 Å². The molecule has 2 aromatic rings. The molecule has 1 saturated heterocycles. The van der Waals surface area contributed by atoms with E-state index in [0.29, 0.717) is 29.7 Å². The molecule has 2 saturated carbocycles. The van der Waals surface area contributed by atoms with E-state index in [9.17, 15) is 18.0 Å². The van der Waals surface area contributed by atoms with Gasteiger partial charge in [0.15, 0.2) is 5.69 Å². The molecule has 2 heterocycles. The van der Waals surface area contributed by atoms with Gasteiger partial charge in [0.1, 0.15) is 5.76 Å². The summed E-state index contributed by atoms with van der Waals surface area (Å²) >= 11 is 6.07. The lowest BCUT2D eigenvalue weighted by atomic mass is 9.74. The standard InChI is InChI=1S/C22H25ClN4O5S/c1-33(30,31)26-16-7-6-14(23)9-15(16)21(29)27-11-22(12-27)8-2-3-19(22)24-20(28)17-10-18(32-25-17)13-4-5-13/h6-7,9-10,13,19,26H,2-5,8,11-12H2,1H3,(H,24,28). The van der Waals surface area contributed by atoms with Crippen LogP contribution in [0.4, 0.5) is 5.69 Å². The Morgan fingerprint density at radius 2 is 1.97 bits per heavy atom. The summed E-state index contributed by atoms with van der Waals surface area (Å²) in [5.41, 5.74) is 0.497. The van der Waals surface area contributed by atoms with Crippen molar-refractivity contribution in [3.63, 3.8) is 0 Å². The van der Waals surface area contributed by atoms with Crippen LogP contribution in [0, 0.1) is 5.41 Å². The van der Waals surface area contributed by atoms with Gasteiger partial charge in [0.25, 0.3) is 11.8 Å². The van der Waals surface area contributed by atoms with Gasteiger partial charge in [0, 0.05) is 41.6 Å². The minimum Gasteiger partial charge on any atom is -0.360 e. The van der Waals surface area contributed by atoms with E-state index in [2.05, 4.69) is 15.2 Å². The average molecular weight is 493 g/mol. The van der Waals surface area contributed by atoms with E-state index in [4.69, 9.17) is 16.1 Å². The molecule has 2 aliphatic carbocycles. The molecule has 2 N–H and O–H groups in total. The second kappa shape index (κ2) is 8.02. The van der Waals surface area contributed by atoms with Crippen molar-refractivity contribution >= 4 is 39.1 Å². The summed E-state index contributed by atoms with van der Waals surface area (Å²) in [6, 6.07) is 6.14. The Hall–Kier alpha value is -2.59. The molecule has 1 unspecified atom stereocenters. The number of hydrogen-bond acceptors (Lipinski definition) is 6. The highest BCUT2D eigenvalue weighted by atomic mass is 35.5. The van der Waals surface area contributed by atoms with Crippen LogP contribution in [0.1, 0.15) is 64.6 Å². The molecule has 1 aliphatic heterocycles. The lowest BCUT2D eigenvalue weighted by Crippen LogP contribution is -2.64. The second-order valence-corrected chi connectivity index (χ2v) is 11.6. The first-order valence-electron chi connectivity index (χ1n) is 11.0. The monoisotopic (exact) mass is 492 g/mol. The Morgan fingerprint density at radius 3 is 2.67 bits per heavy atom. The molecule has 1 aromatic carbocycles. The number of halogens is 1. The van der Waals surface area contributed by atoms with Crippen LogP contribution in [0.3, 0.4) is 0 Å². The molecule has 3 aliphatic rings. The fraction of sp³-hybridized carbons (Fsp3) is 0.500. The van der Waals surface area contributed by atoms with Gasteiger partial charge in [-0.3, -0.25) is 14.3 Å². The van der Waals surface area contributed by atoms with Gasteiger partial charge < -0.3 is 14.7 Å². The van der Waals surface area contributed by atoms with Crippen LogP contribution in [0.2, 0.25) is 5.02 Å². The van der Waals surface area contributed by atoms with Crippen molar-refractivity contribution in [3.8, 4) is 0 Å². The largest absolute Gasteiger partial charge is 0.360 e. The molecule has 1 spiro atoms. The quantitative estimate of drug-likeness (QED) is 0.639. The molecule has 0 radical (unpaired) electrons. The normalized spacial score (nSPS) is 21.6. The molecular formula is C22H25ClN4O5S. The molecule has 1 aromatic heterocycles. The zero-order chi connectivity index (χ0) is 23.4. The zero-order valence-corrected chi connectivity index (χ0v) is 19.7. The number of sulfonamides is 1. The first kappa shape index (κ1) is 22.2. The van der Waals surface area contributed by atoms with E-state index in [1.54, 1.807) is 11.0 Å². The van der Waals surface area contributed by atoms with Crippen molar-refractivity contribution < 1.29 is 22.5 Å². The number of nitrogens with zero attached hydrogens (tertiary/aromatic N) is 2. The number of anilines is 1. The first-order valence-corrected chi connectivity index (χ1v) is 13.2. The Morgan fingerprint density at radius 1 is 1.21 bits per heavy atom. The van der Waals surface area contributed by atoms with Gasteiger partial charge in [0.05, 0.1) is 17.5 Å². The second-order valence-electron chi connectivity index (χ2n) is 9.39. The van der Waals surface area contributed by atoms with Gasteiger partial charge in [-0.1, -0.05) is 23.2 Å². The first-order chi connectivity index (χ1) is 15.6. The van der Waals surface area contributed by atoms with E-state index in [-0.39, 0.29) is 34.5 Å². The average Bonchev–Trinajstić information content (AvgIpc) is 3.29. The van der Waals surface area contributed by atoms with E-state index in [1.807, 2.05) is 0 Å². The Bertz CT molecular complexity index is 1220. The highest BCUT2D eigenvalue weighted by Gasteiger charge is 2.53. The number of carbonyl (C=O) groups is 2. The van der Waals surface area contributed by atoms with Crippen LogP contribution in [0.25, 0.3) is 0 Å². The van der Waals surface area contributed by atoms with Gasteiger partial charge >= 0.3 is 0 Å². The molecule has 0 bridgehead atoms. The van der Waals surface area contributed by atoms with Crippen LogP contribution >= 0.6 is 11.6 Å². The van der Waals surface area contributed by atoms with Crippen molar-refractivity contribution in [1.29, 1.82) is 0 Å².